The monoisotopic (exact) mass is 413 g/mol. The number of hydrogen-bond donors (Lipinski definition) is 1. The van der Waals surface area contributed by atoms with E-state index in [0.29, 0.717) is 10.0 Å². The van der Waals surface area contributed by atoms with Crippen molar-refractivity contribution in [2.45, 2.75) is 12.2 Å². The standard InChI is InChI=1S/C12H8Br2F3NS/c13-8-2-1-6(12(15,16)17)5-7(8)11(18)9-3-4-10(14)19-9/h1-5,11H,18H2. The molecule has 2 rings (SSSR count). The van der Waals surface area contributed by atoms with Crippen molar-refractivity contribution in [1.82, 2.24) is 0 Å². The zero-order chi connectivity index (χ0) is 14.2. The molecule has 0 saturated carbocycles. The SMILES string of the molecule is NC(c1ccc(Br)s1)c1cc(C(F)(F)F)ccc1Br. The van der Waals surface area contributed by atoms with Gasteiger partial charge in [-0.05, 0) is 51.8 Å². The number of benzene rings is 1. The maximum Gasteiger partial charge on any atom is 0.416 e. The van der Waals surface area contributed by atoms with Gasteiger partial charge in [0.2, 0.25) is 0 Å². The highest BCUT2D eigenvalue weighted by atomic mass is 79.9. The fraction of sp³-hybridized carbons (Fsp3) is 0.167. The molecule has 1 unspecified atom stereocenters. The van der Waals surface area contributed by atoms with Gasteiger partial charge in [0.25, 0.3) is 0 Å². The average Bonchev–Trinajstić information content (AvgIpc) is 2.74. The highest BCUT2D eigenvalue weighted by Gasteiger charge is 2.31. The first kappa shape index (κ1) is 15.0. The summed E-state index contributed by atoms with van der Waals surface area (Å²) in [6, 6.07) is 6.52. The molecule has 0 amide bonds. The molecule has 0 aliphatic heterocycles. The third kappa shape index (κ3) is 3.39. The molecule has 1 aromatic carbocycles. The third-order valence-corrected chi connectivity index (χ3v) is 4.99. The molecule has 0 aliphatic rings. The van der Waals surface area contributed by atoms with Gasteiger partial charge in [0, 0.05) is 9.35 Å². The van der Waals surface area contributed by atoms with Gasteiger partial charge in [-0.25, -0.2) is 0 Å². The number of rotatable bonds is 2. The van der Waals surface area contributed by atoms with E-state index in [-0.39, 0.29) is 0 Å². The van der Waals surface area contributed by atoms with Gasteiger partial charge < -0.3 is 5.73 Å². The van der Waals surface area contributed by atoms with E-state index in [1.165, 1.54) is 17.4 Å². The van der Waals surface area contributed by atoms with Crippen molar-refractivity contribution in [3.63, 3.8) is 0 Å². The third-order valence-electron chi connectivity index (χ3n) is 2.56. The maximum atomic E-state index is 12.7. The molecule has 102 valence electrons. The molecule has 1 nitrogen and oxygen atoms in total. The van der Waals surface area contributed by atoms with Crippen LogP contribution in [0.5, 0.6) is 0 Å². The Morgan fingerprint density at radius 3 is 2.32 bits per heavy atom. The summed E-state index contributed by atoms with van der Waals surface area (Å²) in [6.07, 6.45) is -4.37. The van der Waals surface area contributed by atoms with Gasteiger partial charge in [-0.3, -0.25) is 0 Å². The van der Waals surface area contributed by atoms with E-state index in [1.807, 2.05) is 6.07 Å². The minimum absolute atomic E-state index is 0.421. The van der Waals surface area contributed by atoms with E-state index in [1.54, 1.807) is 6.07 Å². The highest BCUT2D eigenvalue weighted by Crippen LogP contribution is 2.37. The molecule has 1 aromatic heterocycles. The van der Waals surface area contributed by atoms with E-state index in [0.717, 1.165) is 20.8 Å². The first-order chi connectivity index (χ1) is 8.79. The normalized spacial score (nSPS) is 13.6. The summed E-state index contributed by atoms with van der Waals surface area (Å²) in [7, 11) is 0. The second-order valence-corrected chi connectivity index (χ2v) is 7.20. The zero-order valence-electron chi connectivity index (χ0n) is 9.34. The molecule has 0 spiro atoms. The van der Waals surface area contributed by atoms with Gasteiger partial charge in [-0.2, -0.15) is 13.2 Å². The molecule has 0 fully saturated rings. The largest absolute Gasteiger partial charge is 0.416 e. The van der Waals surface area contributed by atoms with Crippen LogP contribution in [0.2, 0.25) is 0 Å². The molecule has 1 atom stereocenters. The van der Waals surface area contributed by atoms with Crippen LogP contribution in [0.4, 0.5) is 13.2 Å². The topological polar surface area (TPSA) is 26.0 Å². The van der Waals surface area contributed by atoms with Gasteiger partial charge in [0.05, 0.1) is 15.4 Å². The lowest BCUT2D eigenvalue weighted by molar-refractivity contribution is -0.137. The lowest BCUT2D eigenvalue weighted by atomic mass is 10.0. The number of halogens is 5. The number of thiophene rings is 1. The van der Waals surface area contributed by atoms with Gasteiger partial charge >= 0.3 is 6.18 Å². The van der Waals surface area contributed by atoms with Crippen molar-refractivity contribution in [3.05, 3.63) is 54.6 Å². The van der Waals surface area contributed by atoms with Gasteiger partial charge in [0.1, 0.15) is 0 Å². The molecular weight excluding hydrogens is 407 g/mol. The summed E-state index contributed by atoms with van der Waals surface area (Å²) in [6.45, 7) is 0. The Balaban J connectivity index is 2.44. The Hall–Kier alpha value is -0.370. The van der Waals surface area contributed by atoms with E-state index in [4.69, 9.17) is 5.73 Å². The van der Waals surface area contributed by atoms with Gasteiger partial charge in [-0.1, -0.05) is 15.9 Å². The molecule has 0 aliphatic carbocycles. The Labute approximate surface area is 128 Å². The lowest BCUT2D eigenvalue weighted by Crippen LogP contribution is -2.13. The van der Waals surface area contributed by atoms with Crippen LogP contribution in [0.15, 0.2) is 38.6 Å². The van der Waals surface area contributed by atoms with Crippen LogP contribution in [0.3, 0.4) is 0 Å². The van der Waals surface area contributed by atoms with Crippen LogP contribution in [0.1, 0.15) is 22.0 Å². The average molecular weight is 415 g/mol. The zero-order valence-corrected chi connectivity index (χ0v) is 13.3. The first-order valence-corrected chi connectivity index (χ1v) is 7.57. The summed E-state index contributed by atoms with van der Waals surface area (Å²) < 4.78 is 39.6. The summed E-state index contributed by atoms with van der Waals surface area (Å²) in [5.41, 5.74) is 5.76. The van der Waals surface area contributed by atoms with E-state index >= 15 is 0 Å². The predicted molar refractivity (Wildman–Crippen MR) is 77.2 cm³/mol. The van der Waals surface area contributed by atoms with Crippen molar-refractivity contribution in [2.24, 2.45) is 5.73 Å². The maximum absolute atomic E-state index is 12.7. The van der Waals surface area contributed by atoms with Crippen LogP contribution in [-0.4, -0.2) is 0 Å². The summed E-state index contributed by atoms with van der Waals surface area (Å²) in [5, 5.41) is 0. The molecule has 0 saturated heterocycles. The first-order valence-electron chi connectivity index (χ1n) is 5.16. The minimum atomic E-state index is -4.37. The van der Waals surface area contributed by atoms with Crippen LogP contribution in [0.25, 0.3) is 0 Å². The molecular formula is C12H8Br2F3NS. The summed E-state index contributed by atoms with van der Waals surface area (Å²) in [5.74, 6) is 0. The minimum Gasteiger partial charge on any atom is -0.320 e. The Morgan fingerprint density at radius 1 is 1.11 bits per heavy atom. The molecule has 2 aromatic rings. The molecule has 19 heavy (non-hydrogen) atoms. The van der Waals surface area contributed by atoms with Crippen molar-refractivity contribution >= 4 is 43.2 Å². The van der Waals surface area contributed by atoms with Crippen LogP contribution < -0.4 is 5.73 Å². The predicted octanol–water partition coefficient (Wildman–Crippen LogP) is 5.34. The number of hydrogen-bond acceptors (Lipinski definition) is 2. The molecule has 2 N–H and O–H groups in total. The fourth-order valence-electron chi connectivity index (χ4n) is 1.61. The van der Waals surface area contributed by atoms with E-state index < -0.39 is 17.8 Å². The molecule has 0 radical (unpaired) electrons. The van der Waals surface area contributed by atoms with Crippen molar-refractivity contribution in [1.29, 1.82) is 0 Å². The number of nitrogens with two attached hydrogens (primary N) is 1. The van der Waals surface area contributed by atoms with Gasteiger partial charge in [-0.15, -0.1) is 11.3 Å². The van der Waals surface area contributed by atoms with Crippen molar-refractivity contribution in [3.8, 4) is 0 Å². The Morgan fingerprint density at radius 2 is 1.79 bits per heavy atom. The molecule has 7 heteroatoms. The van der Waals surface area contributed by atoms with Crippen molar-refractivity contribution in [2.75, 3.05) is 0 Å². The number of alkyl halides is 3. The fourth-order valence-corrected chi connectivity index (χ4v) is 3.54. The Kier molecular flexibility index (Phi) is 4.39. The van der Waals surface area contributed by atoms with Crippen molar-refractivity contribution < 1.29 is 13.2 Å². The van der Waals surface area contributed by atoms with Crippen LogP contribution >= 0.6 is 43.2 Å². The second-order valence-electron chi connectivity index (χ2n) is 3.85. The second kappa shape index (κ2) is 5.55. The van der Waals surface area contributed by atoms with Gasteiger partial charge in [0.15, 0.2) is 0 Å². The highest BCUT2D eigenvalue weighted by molar-refractivity contribution is 9.11. The molecule has 1 heterocycles. The Bertz CT molecular complexity index is 595. The quantitative estimate of drug-likeness (QED) is 0.705. The summed E-state index contributed by atoms with van der Waals surface area (Å²) >= 11 is 7.96. The van der Waals surface area contributed by atoms with E-state index in [2.05, 4.69) is 31.9 Å². The van der Waals surface area contributed by atoms with Crippen LogP contribution in [-0.2, 0) is 6.18 Å². The van der Waals surface area contributed by atoms with E-state index in [9.17, 15) is 13.2 Å². The summed E-state index contributed by atoms with van der Waals surface area (Å²) in [4.78, 5) is 0.798. The van der Waals surface area contributed by atoms with Crippen LogP contribution in [0, 0.1) is 0 Å². The smallest absolute Gasteiger partial charge is 0.320 e. The molecule has 0 bridgehead atoms. The lowest BCUT2D eigenvalue weighted by Gasteiger charge is -2.15.